The minimum Gasteiger partial charge on any atom is -0.480 e. The fraction of sp³-hybridized carbons (Fsp3) is 0.500. The molecule has 0 aliphatic heterocycles. The van der Waals surface area contributed by atoms with Crippen LogP contribution in [-0.4, -0.2) is 27.4 Å². The number of nitrogens with zero attached hydrogens (tertiary/aromatic N) is 4. The van der Waals surface area contributed by atoms with Gasteiger partial charge in [0.25, 0.3) is 0 Å². The van der Waals surface area contributed by atoms with E-state index < -0.39 is 5.54 Å². The van der Waals surface area contributed by atoms with Gasteiger partial charge in [-0.15, -0.1) is 10.2 Å². The van der Waals surface area contributed by atoms with Gasteiger partial charge >= 0.3 is 0 Å². The van der Waals surface area contributed by atoms with Gasteiger partial charge < -0.3 is 15.0 Å². The Hall–Kier alpha value is -2.02. The first-order chi connectivity index (χ1) is 9.11. The first kappa shape index (κ1) is 12.0. The van der Waals surface area contributed by atoms with Crippen LogP contribution < -0.4 is 10.5 Å². The Bertz CT molecular complexity index is 574. The van der Waals surface area contributed by atoms with Gasteiger partial charge in [0, 0.05) is 6.07 Å². The van der Waals surface area contributed by atoms with Crippen LogP contribution in [0, 0.1) is 5.92 Å². The van der Waals surface area contributed by atoms with Crippen molar-refractivity contribution >= 4 is 0 Å². The van der Waals surface area contributed by atoms with Crippen LogP contribution in [-0.2, 0) is 5.54 Å². The molecule has 0 spiro atoms. The van der Waals surface area contributed by atoms with Gasteiger partial charge in [0.05, 0.1) is 12.6 Å². The summed E-state index contributed by atoms with van der Waals surface area (Å²) < 4.78 is 10.2. The molecule has 1 aliphatic rings. The Morgan fingerprint density at radius 1 is 1.37 bits per heavy atom. The second kappa shape index (κ2) is 4.27. The number of rotatable bonds is 4. The second-order valence-corrected chi connectivity index (χ2v) is 4.94. The molecule has 1 unspecified atom stereocenters. The zero-order valence-corrected chi connectivity index (χ0v) is 10.8. The maximum Gasteiger partial charge on any atom is 0.247 e. The van der Waals surface area contributed by atoms with E-state index in [9.17, 15) is 0 Å². The van der Waals surface area contributed by atoms with Crippen molar-refractivity contribution in [2.45, 2.75) is 25.3 Å². The highest BCUT2D eigenvalue weighted by molar-refractivity contribution is 5.47. The molecule has 1 saturated carbocycles. The second-order valence-electron chi connectivity index (χ2n) is 4.94. The summed E-state index contributed by atoms with van der Waals surface area (Å²) in [5.41, 5.74) is 6.19. The Labute approximate surface area is 110 Å². The summed E-state index contributed by atoms with van der Waals surface area (Å²) in [5, 5.41) is 11.8. The molecule has 1 fully saturated rings. The van der Waals surface area contributed by atoms with Gasteiger partial charge in [-0.3, -0.25) is 0 Å². The van der Waals surface area contributed by atoms with Gasteiger partial charge in [0.1, 0.15) is 5.69 Å². The predicted molar refractivity (Wildman–Crippen MR) is 66.1 cm³/mol. The van der Waals surface area contributed by atoms with Crippen LogP contribution in [0.5, 0.6) is 5.88 Å². The van der Waals surface area contributed by atoms with E-state index in [2.05, 4.69) is 20.3 Å². The first-order valence-corrected chi connectivity index (χ1v) is 6.12. The topological polar surface area (TPSA) is 100.0 Å². The summed E-state index contributed by atoms with van der Waals surface area (Å²) in [6.45, 7) is 1.92. The largest absolute Gasteiger partial charge is 0.480 e. The highest BCUT2D eigenvalue weighted by atomic mass is 16.5. The Balaban J connectivity index is 1.87. The fourth-order valence-corrected chi connectivity index (χ4v) is 1.95. The maximum atomic E-state index is 6.23. The Morgan fingerprint density at radius 3 is 2.74 bits per heavy atom. The first-order valence-electron chi connectivity index (χ1n) is 6.12. The highest BCUT2D eigenvalue weighted by Crippen LogP contribution is 2.43. The average Bonchev–Trinajstić information content (AvgIpc) is 3.17. The molecular weight excluding hydrogens is 246 g/mol. The van der Waals surface area contributed by atoms with Gasteiger partial charge in [-0.25, -0.2) is 0 Å². The van der Waals surface area contributed by atoms with Crippen LogP contribution in [0.15, 0.2) is 16.7 Å². The summed E-state index contributed by atoms with van der Waals surface area (Å²) >= 11 is 0. The van der Waals surface area contributed by atoms with Gasteiger partial charge in [0.15, 0.2) is 0 Å². The normalized spacial score (nSPS) is 18.1. The van der Waals surface area contributed by atoms with Gasteiger partial charge in [0.2, 0.25) is 17.6 Å². The molecule has 7 nitrogen and oxygen atoms in total. The van der Waals surface area contributed by atoms with Crippen molar-refractivity contribution in [2.24, 2.45) is 11.7 Å². The SMILES string of the molecule is COc1ccc(-c2noc(C(C)(N)C3CC3)n2)nn1. The van der Waals surface area contributed by atoms with Crippen LogP contribution in [0.25, 0.3) is 11.5 Å². The van der Waals surface area contributed by atoms with E-state index in [1.165, 1.54) is 7.11 Å². The van der Waals surface area contributed by atoms with E-state index in [1.807, 2.05) is 6.92 Å². The van der Waals surface area contributed by atoms with Crippen molar-refractivity contribution in [2.75, 3.05) is 7.11 Å². The van der Waals surface area contributed by atoms with E-state index in [0.29, 0.717) is 29.2 Å². The van der Waals surface area contributed by atoms with Gasteiger partial charge in [-0.2, -0.15) is 4.98 Å². The molecular formula is C12H15N5O2. The number of methoxy groups -OCH3 is 1. The lowest BCUT2D eigenvalue weighted by Crippen LogP contribution is -2.35. The summed E-state index contributed by atoms with van der Waals surface area (Å²) in [6, 6.07) is 3.42. The van der Waals surface area contributed by atoms with Crippen LogP contribution in [0.1, 0.15) is 25.7 Å². The Morgan fingerprint density at radius 2 is 2.16 bits per heavy atom. The minimum absolute atomic E-state index is 0.391. The summed E-state index contributed by atoms with van der Waals surface area (Å²) in [5.74, 6) is 1.70. The molecule has 0 radical (unpaired) electrons. The van der Waals surface area contributed by atoms with E-state index in [4.69, 9.17) is 15.0 Å². The quantitative estimate of drug-likeness (QED) is 0.880. The Kier molecular flexibility index (Phi) is 2.70. The smallest absolute Gasteiger partial charge is 0.247 e. The molecule has 1 atom stereocenters. The number of aromatic nitrogens is 4. The van der Waals surface area contributed by atoms with Crippen LogP contribution in [0.4, 0.5) is 0 Å². The van der Waals surface area contributed by atoms with E-state index in [0.717, 1.165) is 12.8 Å². The summed E-state index contributed by atoms with van der Waals surface area (Å²) in [6.07, 6.45) is 2.21. The molecule has 3 rings (SSSR count). The number of nitrogens with two attached hydrogens (primary N) is 1. The van der Waals surface area contributed by atoms with Crippen LogP contribution in [0.3, 0.4) is 0 Å². The average molecular weight is 261 g/mol. The lowest BCUT2D eigenvalue weighted by atomic mass is 9.97. The predicted octanol–water partition coefficient (Wildman–Crippen LogP) is 1.12. The molecule has 1 aliphatic carbocycles. The molecule has 0 bridgehead atoms. The molecule has 2 N–H and O–H groups in total. The molecule has 19 heavy (non-hydrogen) atoms. The minimum atomic E-state index is -0.564. The third-order valence-corrected chi connectivity index (χ3v) is 3.39. The van der Waals surface area contributed by atoms with Crippen molar-refractivity contribution in [3.8, 4) is 17.4 Å². The number of hydrogen-bond donors (Lipinski definition) is 1. The lowest BCUT2D eigenvalue weighted by molar-refractivity contribution is 0.273. The monoisotopic (exact) mass is 261 g/mol. The molecule has 0 aromatic carbocycles. The van der Waals surface area contributed by atoms with Crippen molar-refractivity contribution in [3.05, 3.63) is 18.0 Å². The van der Waals surface area contributed by atoms with Gasteiger partial charge in [-0.05, 0) is 31.7 Å². The van der Waals surface area contributed by atoms with Crippen LogP contribution in [0.2, 0.25) is 0 Å². The third-order valence-electron chi connectivity index (χ3n) is 3.39. The molecule has 2 heterocycles. The molecule has 100 valence electrons. The van der Waals surface area contributed by atoms with Crippen LogP contribution >= 0.6 is 0 Å². The van der Waals surface area contributed by atoms with Crippen molar-refractivity contribution in [1.82, 2.24) is 20.3 Å². The molecule has 2 aromatic heterocycles. The lowest BCUT2D eigenvalue weighted by Gasteiger charge is -2.18. The maximum absolute atomic E-state index is 6.23. The zero-order chi connectivity index (χ0) is 13.5. The fourth-order valence-electron chi connectivity index (χ4n) is 1.95. The van der Waals surface area contributed by atoms with Crippen molar-refractivity contribution < 1.29 is 9.26 Å². The molecule has 0 amide bonds. The van der Waals surface area contributed by atoms with Crippen molar-refractivity contribution in [1.29, 1.82) is 0 Å². The standard InChI is InChI=1S/C12H15N5O2/c1-12(13,7-3-4-7)11-14-10(17-19-11)8-5-6-9(18-2)16-15-8/h5-7H,3-4,13H2,1-2H3. The zero-order valence-electron chi connectivity index (χ0n) is 10.8. The third kappa shape index (κ3) is 2.17. The van der Waals surface area contributed by atoms with E-state index >= 15 is 0 Å². The van der Waals surface area contributed by atoms with E-state index in [1.54, 1.807) is 12.1 Å². The van der Waals surface area contributed by atoms with Gasteiger partial charge in [-0.1, -0.05) is 5.16 Å². The highest BCUT2D eigenvalue weighted by Gasteiger charge is 2.43. The number of hydrogen-bond acceptors (Lipinski definition) is 7. The van der Waals surface area contributed by atoms with E-state index in [-0.39, 0.29) is 0 Å². The summed E-state index contributed by atoms with van der Waals surface area (Å²) in [7, 11) is 1.53. The number of ether oxygens (including phenoxy) is 1. The molecule has 2 aromatic rings. The molecule has 0 saturated heterocycles. The van der Waals surface area contributed by atoms with Crippen molar-refractivity contribution in [3.63, 3.8) is 0 Å². The summed E-state index contributed by atoms with van der Waals surface area (Å²) in [4.78, 5) is 4.32. The molecule has 7 heteroatoms.